The van der Waals surface area contributed by atoms with Gasteiger partial charge in [-0.3, -0.25) is 0 Å². The van der Waals surface area contributed by atoms with Crippen LogP contribution in [0, 0.1) is 12.7 Å². The summed E-state index contributed by atoms with van der Waals surface area (Å²) >= 11 is 3.03. The molecule has 1 aromatic heterocycles. The van der Waals surface area contributed by atoms with Crippen molar-refractivity contribution in [1.82, 2.24) is 4.98 Å². The third-order valence-electron chi connectivity index (χ3n) is 1.65. The summed E-state index contributed by atoms with van der Waals surface area (Å²) in [5.41, 5.74) is 1.65. The SMILES string of the molecule is CCc1c(C)cnc(Br)c1F. The van der Waals surface area contributed by atoms with E-state index < -0.39 is 0 Å². The average molecular weight is 218 g/mol. The Bertz CT molecular complexity index is 273. The first-order chi connectivity index (χ1) is 5.16. The number of hydrogen-bond donors (Lipinski definition) is 0. The molecule has 0 spiro atoms. The lowest BCUT2D eigenvalue weighted by atomic mass is 10.1. The predicted octanol–water partition coefficient (Wildman–Crippen LogP) is 2.85. The van der Waals surface area contributed by atoms with Gasteiger partial charge in [0, 0.05) is 6.20 Å². The van der Waals surface area contributed by atoms with E-state index in [1.165, 1.54) is 0 Å². The van der Waals surface area contributed by atoms with Crippen molar-refractivity contribution in [2.24, 2.45) is 0 Å². The maximum absolute atomic E-state index is 13.2. The van der Waals surface area contributed by atoms with Crippen LogP contribution in [0.5, 0.6) is 0 Å². The highest BCUT2D eigenvalue weighted by Gasteiger charge is 2.07. The molecule has 0 aliphatic rings. The van der Waals surface area contributed by atoms with Crippen molar-refractivity contribution in [2.75, 3.05) is 0 Å². The van der Waals surface area contributed by atoms with Crippen LogP contribution in [0.2, 0.25) is 0 Å². The van der Waals surface area contributed by atoms with Gasteiger partial charge in [-0.05, 0) is 40.4 Å². The van der Waals surface area contributed by atoms with Gasteiger partial charge in [-0.15, -0.1) is 0 Å². The predicted molar refractivity (Wildman–Crippen MR) is 46.0 cm³/mol. The molecule has 0 N–H and O–H groups in total. The second-order valence-corrected chi connectivity index (χ2v) is 3.13. The zero-order valence-corrected chi connectivity index (χ0v) is 8.07. The minimum atomic E-state index is -0.229. The van der Waals surface area contributed by atoms with Gasteiger partial charge in [0.25, 0.3) is 0 Å². The van der Waals surface area contributed by atoms with E-state index >= 15 is 0 Å². The molecule has 0 aromatic carbocycles. The Morgan fingerprint density at radius 2 is 2.27 bits per heavy atom. The number of rotatable bonds is 1. The van der Waals surface area contributed by atoms with Crippen LogP contribution >= 0.6 is 15.9 Å². The van der Waals surface area contributed by atoms with Gasteiger partial charge in [0.05, 0.1) is 0 Å². The Labute approximate surface area is 73.8 Å². The molecule has 11 heavy (non-hydrogen) atoms. The highest BCUT2D eigenvalue weighted by molar-refractivity contribution is 9.10. The Morgan fingerprint density at radius 1 is 1.64 bits per heavy atom. The van der Waals surface area contributed by atoms with Gasteiger partial charge in [0.2, 0.25) is 0 Å². The standard InChI is InChI=1S/C8H9BrFN/c1-3-6-5(2)4-11-8(9)7(6)10/h4H,3H2,1-2H3. The van der Waals surface area contributed by atoms with Crippen LogP contribution in [-0.2, 0) is 6.42 Å². The molecular weight excluding hydrogens is 209 g/mol. The molecule has 0 fully saturated rings. The monoisotopic (exact) mass is 217 g/mol. The minimum absolute atomic E-state index is 0.229. The second kappa shape index (κ2) is 3.30. The number of aromatic nitrogens is 1. The van der Waals surface area contributed by atoms with Crippen LogP contribution in [0.25, 0.3) is 0 Å². The molecule has 0 saturated heterocycles. The summed E-state index contributed by atoms with van der Waals surface area (Å²) in [7, 11) is 0. The summed E-state index contributed by atoms with van der Waals surface area (Å²) in [4.78, 5) is 3.83. The largest absolute Gasteiger partial charge is 0.246 e. The highest BCUT2D eigenvalue weighted by atomic mass is 79.9. The summed E-state index contributed by atoms with van der Waals surface area (Å²) in [6.07, 6.45) is 2.38. The van der Waals surface area contributed by atoms with Crippen LogP contribution in [0.1, 0.15) is 18.1 Å². The van der Waals surface area contributed by atoms with Gasteiger partial charge in [-0.2, -0.15) is 0 Å². The molecule has 1 aromatic rings. The zero-order chi connectivity index (χ0) is 8.43. The second-order valence-electron chi connectivity index (χ2n) is 2.38. The molecule has 0 unspecified atom stereocenters. The summed E-state index contributed by atoms with van der Waals surface area (Å²) in [6, 6.07) is 0. The Morgan fingerprint density at radius 3 is 2.73 bits per heavy atom. The molecule has 0 aliphatic carbocycles. The maximum atomic E-state index is 13.2. The summed E-state index contributed by atoms with van der Waals surface area (Å²) in [6.45, 7) is 3.79. The van der Waals surface area contributed by atoms with Crippen molar-refractivity contribution in [1.29, 1.82) is 0 Å². The molecule has 0 radical (unpaired) electrons. The molecule has 0 saturated carbocycles. The summed E-state index contributed by atoms with van der Waals surface area (Å²) in [5.74, 6) is -0.229. The summed E-state index contributed by atoms with van der Waals surface area (Å²) in [5, 5.41) is 0. The van der Waals surface area contributed by atoms with E-state index in [1.807, 2.05) is 13.8 Å². The normalized spacial score (nSPS) is 10.2. The molecule has 3 heteroatoms. The number of nitrogens with zero attached hydrogens (tertiary/aromatic N) is 1. The van der Waals surface area contributed by atoms with Gasteiger partial charge in [0.1, 0.15) is 4.60 Å². The average Bonchev–Trinajstić information content (AvgIpc) is 1.99. The van der Waals surface area contributed by atoms with E-state index in [2.05, 4.69) is 20.9 Å². The number of hydrogen-bond acceptors (Lipinski definition) is 1. The lowest BCUT2D eigenvalue weighted by Crippen LogP contribution is -1.95. The fraction of sp³-hybridized carbons (Fsp3) is 0.375. The lowest BCUT2D eigenvalue weighted by Gasteiger charge is -2.03. The van der Waals surface area contributed by atoms with Crippen LogP contribution in [0.4, 0.5) is 4.39 Å². The van der Waals surface area contributed by atoms with Gasteiger partial charge in [-0.25, -0.2) is 9.37 Å². The molecule has 1 heterocycles. The molecule has 0 atom stereocenters. The quantitative estimate of drug-likeness (QED) is 0.660. The minimum Gasteiger partial charge on any atom is -0.246 e. The van der Waals surface area contributed by atoms with E-state index in [1.54, 1.807) is 6.20 Å². The fourth-order valence-corrected chi connectivity index (χ4v) is 1.36. The molecule has 60 valence electrons. The lowest BCUT2D eigenvalue weighted by molar-refractivity contribution is 0.595. The van der Waals surface area contributed by atoms with Gasteiger partial charge < -0.3 is 0 Å². The van der Waals surface area contributed by atoms with Crippen molar-refractivity contribution in [3.8, 4) is 0 Å². The topological polar surface area (TPSA) is 12.9 Å². The van der Waals surface area contributed by atoms with E-state index in [4.69, 9.17) is 0 Å². The number of pyridine rings is 1. The first kappa shape index (κ1) is 8.65. The molecule has 0 aliphatic heterocycles. The maximum Gasteiger partial charge on any atom is 0.159 e. The van der Waals surface area contributed by atoms with Crippen molar-refractivity contribution in [3.05, 3.63) is 27.7 Å². The van der Waals surface area contributed by atoms with E-state index in [0.29, 0.717) is 11.0 Å². The molecular formula is C8H9BrFN. The van der Waals surface area contributed by atoms with Crippen LogP contribution in [-0.4, -0.2) is 4.98 Å². The Hall–Kier alpha value is -0.440. The van der Waals surface area contributed by atoms with E-state index in [0.717, 1.165) is 11.1 Å². The first-order valence-electron chi connectivity index (χ1n) is 3.46. The molecule has 1 rings (SSSR count). The van der Waals surface area contributed by atoms with Crippen LogP contribution < -0.4 is 0 Å². The van der Waals surface area contributed by atoms with Crippen molar-refractivity contribution in [2.45, 2.75) is 20.3 Å². The Kier molecular flexibility index (Phi) is 2.60. The van der Waals surface area contributed by atoms with E-state index in [-0.39, 0.29) is 5.82 Å². The van der Waals surface area contributed by atoms with Crippen LogP contribution in [0.3, 0.4) is 0 Å². The van der Waals surface area contributed by atoms with Gasteiger partial charge >= 0.3 is 0 Å². The smallest absolute Gasteiger partial charge is 0.159 e. The summed E-state index contributed by atoms with van der Waals surface area (Å²) < 4.78 is 13.5. The third-order valence-corrected chi connectivity index (χ3v) is 2.20. The van der Waals surface area contributed by atoms with Crippen molar-refractivity contribution in [3.63, 3.8) is 0 Å². The highest BCUT2D eigenvalue weighted by Crippen LogP contribution is 2.19. The van der Waals surface area contributed by atoms with Gasteiger partial charge in [-0.1, -0.05) is 6.92 Å². The van der Waals surface area contributed by atoms with Gasteiger partial charge in [0.15, 0.2) is 5.82 Å². The molecule has 0 amide bonds. The van der Waals surface area contributed by atoms with Crippen molar-refractivity contribution >= 4 is 15.9 Å². The Balaban J connectivity index is 3.29. The van der Waals surface area contributed by atoms with E-state index in [9.17, 15) is 4.39 Å². The molecule has 1 nitrogen and oxygen atoms in total. The fourth-order valence-electron chi connectivity index (χ4n) is 1.02. The van der Waals surface area contributed by atoms with Crippen molar-refractivity contribution < 1.29 is 4.39 Å². The number of aryl methyl sites for hydroxylation is 1. The zero-order valence-electron chi connectivity index (χ0n) is 6.49. The molecule has 0 bridgehead atoms. The number of halogens is 2. The third kappa shape index (κ3) is 1.59. The van der Waals surface area contributed by atoms with Crippen LogP contribution in [0.15, 0.2) is 10.8 Å². The first-order valence-corrected chi connectivity index (χ1v) is 4.25.